The Kier molecular flexibility index (Phi) is 4.49. The predicted molar refractivity (Wildman–Crippen MR) is 74.2 cm³/mol. The van der Waals surface area contributed by atoms with E-state index in [-0.39, 0.29) is 12.7 Å². The molecule has 0 aliphatic carbocycles. The number of aliphatic hydroxyl groups excluding tert-OH is 1. The van der Waals surface area contributed by atoms with Crippen LogP contribution in [-0.2, 0) is 11.3 Å². The Morgan fingerprint density at radius 2 is 2.28 bits per heavy atom. The van der Waals surface area contributed by atoms with Crippen LogP contribution in [0.4, 0.5) is 5.69 Å². The van der Waals surface area contributed by atoms with Crippen molar-refractivity contribution in [3.05, 3.63) is 28.8 Å². The van der Waals surface area contributed by atoms with Crippen LogP contribution < -0.4 is 4.90 Å². The molecule has 1 saturated heterocycles. The first-order valence-corrected chi connectivity index (χ1v) is 6.70. The third-order valence-electron chi connectivity index (χ3n) is 3.73. The van der Waals surface area contributed by atoms with Gasteiger partial charge in [0.25, 0.3) is 0 Å². The van der Waals surface area contributed by atoms with E-state index >= 15 is 0 Å². The zero-order valence-electron chi connectivity index (χ0n) is 10.9. The van der Waals surface area contributed by atoms with Gasteiger partial charge in [0.2, 0.25) is 0 Å². The minimum atomic E-state index is 0.0255. The molecule has 2 unspecified atom stereocenters. The second kappa shape index (κ2) is 5.91. The summed E-state index contributed by atoms with van der Waals surface area (Å²) >= 11 is 6.28. The number of rotatable bonds is 3. The van der Waals surface area contributed by atoms with Crippen LogP contribution >= 0.6 is 11.6 Å². The van der Waals surface area contributed by atoms with Crippen molar-refractivity contribution >= 4 is 17.3 Å². The number of anilines is 1. The minimum absolute atomic E-state index is 0.0255. The maximum Gasteiger partial charge on any atom is 0.0772 e. The van der Waals surface area contributed by atoms with Gasteiger partial charge in [0.05, 0.1) is 23.4 Å². The van der Waals surface area contributed by atoms with Crippen LogP contribution in [0, 0.1) is 5.92 Å². The summed E-state index contributed by atoms with van der Waals surface area (Å²) in [6.07, 6.45) is 1.36. The maximum atomic E-state index is 9.09. The van der Waals surface area contributed by atoms with Crippen molar-refractivity contribution in [2.24, 2.45) is 5.92 Å². The summed E-state index contributed by atoms with van der Waals surface area (Å²) in [5, 5.41) is 9.79. The van der Waals surface area contributed by atoms with Crippen LogP contribution in [0.3, 0.4) is 0 Å². The molecule has 100 valence electrons. The molecule has 18 heavy (non-hydrogen) atoms. The summed E-state index contributed by atoms with van der Waals surface area (Å²) in [6, 6.07) is 5.73. The van der Waals surface area contributed by atoms with Gasteiger partial charge in [-0.2, -0.15) is 0 Å². The van der Waals surface area contributed by atoms with E-state index < -0.39 is 0 Å². The summed E-state index contributed by atoms with van der Waals surface area (Å²) in [6.45, 7) is 4.12. The molecular formula is C14H20ClNO2. The van der Waals surface area contributed by atoms with Crippen LogP contribution in [0.25, 0.3) is 0 Å². The second-order valence-corrected chi connectivity index (χ2v) is 5.34. The summed E-state index contributed by atoms with van der Waals surface area (Å²) in [7, 11) is 1.77. The average Bonchev–Trinajstić information content (AvgIpc) is 2.39. The lowest BCUT2D eigenvalue weighted by Gasteiger charge is -2.38. The van der Waals surface area contributed by atoms with E-state index in [2.05, 4.69) is 11.8 Å². The number of aliphatic hydroxyl groups is 1. The lowest BCUT2D eigenvalue weighted by atomic mass is 9.95. The number of piperidine rings is 1. The van der Waals surface area contributed by atoms with Crippen molar-refractivity contribution in [2.75, 3.05) is 25.1 Å². The Labute approximate surface area is 113 Å². The van der Waals surface area contributed by atoms with Crippen molar-refractivity contribution in [2.45, 2.75) is 26.1 Å². The monoisotopic (exact) mass is 269 g/mol. The van der Waals surface area contributed by atoms with Crippen molar-refractivity contribution in [3.63, 3.8) is 0 Å². The smallest absolute Gasteiger partial charge is 0.0772 e. The van der Waals surface area contributed by atoms with Crippen molar-refractivity contribution in [1.82, 2.24) is 0 Å². The third-order valence-corrected chi connectivity index (χ3v) is 4.03. The maximum absolute atomic E-state index is 9.09. The van der Waals surface area contributed by atoms with E-state index in [1.165, 1.54) is 0 Å². The van der Waals surface area contributed by atoms with Gasteiger partial charge in [0, 0.05) is 20.2 Å². The largest absolute Gasteiger partial charge is 0.392 e. The molecule has 0 saturated carbocycles. The standard InChI is InChI=1S/C14H20ClNO2/c1-10-5-6-16(8-14(10)18-2)13-4-3-11(9-17)7-12(13)15/h3-4,7,10,14,17H,5-6,8-9H2,1-2H3. The Bertz CT molecular complexity index is 411. The first-order chi connectivity index (χ1) is 8.65. The number of halogens is 1. The fourth-order valence-corrected chi connectivity index (χ4v) is 2.79. The summed E-state index contributed by atoms with van der Waals surface area (Å²) < 4.78 is 5.52. The van der Waals surface area contributed by atoms with Gasteiger partial charge in [-0.05, 0) is 30.0 Å². The van der Waals surface area contributed by atoms with Crippen molar-refractivity contribution < 1.29 is 9.84 Å². The Morgan fingerprint density at radius 3 is 2.89 bits per heavy atom. The number of benzene rings is 1. The minimum Gasteiger partial charge on any atom is -0.392 e. The fraction of sp³-hybridized carbons (Fsp3) is 0.571. The molecule has 0 aromatic heterocycles. The van der Waals surface area contributed by atoms with E-state index in [1.807, 2.05) is 18.2 Å². The zero-order valence-corrected chi connectivity index (χ0v) is 11.7. The van der Waals surface area contributed by atoms with E-state index in [1.54, 1.807) is 7.11 Å². The quantitative estimate of drug-likeness (QED) is 0.916. The van der Waals surface area contributed by atoms with Gasteiger partial charge >= 0.3 is 0 Å². The highest BCUT2D eigenvalue weighted by Gasteiger charge is 2.26. The highest BCUT2D eigenvalue weighted by Crippen LogP contribution is 2.31. The van der Waals surface area contributed by atoms with E-state index in [0.29, 0.717) is 10.9 Å². The van der Waals surface area contributed by atoms with Crippen LogP contribution in [0.1, 0.15) is 18.9 Å². The van der Waals surface area contributed by atoms with E-state index in [0.717, 1.165) is 30.8 Å². The molecule has 1 heterocycles. The van der Waals surface area contributed by atoms with Gasteiger partial charge in [-0.25, -0.2) is 0 Å². The lowest BCUT2D eigenvalue weighted by molar-refractivity contribution is 0.0498. The number of hydrogen-bond donors (Lipinski definition) is 1. The highest BCUT2D eigenvalue weighted by atomic mass is 35.5. The van der Waals surface area contributed by atoms with Gasteiger partial charge in [0.15, 0.2) is 0 Å². The normalized spacial score (nSPS) is 24.3. The van der Waals surface area contributed by atoms with E-state index in [9.17, 15) is 0 Å². The molecule has 4 heteroatoms. The molecule has 2 rings (SSSR count). The molecule has 1 aromatic carbocycles. The molecule has 2 atom stereocenters. The molecule has 0 radical (unpaired) electrons. The zero-order chi connectivity index (χ0) is 13.1. The molecule has 1 aromatic rings. The SMILES string of the molecule is COC1CN(c2ccc(CO)cc2Cl)CCC1C. The number of nitrogens with zero attached hydrogens (tertiary/aromatic N) is 1. The van der Waals surface area contributed by atoms with Crippen LogP contribution in [0.5, 0.6) is 0 Å². The average molecular weight is 270 g/mol. The fourth-order valence-electron chi connectivity index (χ4n) is 2.46. The van der Waals surface area contributed by atoms with Crippen LogP contribution in [-0.4, -0.2) is 31.4 Å². The first-order valence-electron chi connectivity index (χ1n) is 6.32. The van der Waals surface area contributed by atoms with Gasteiger partial charge in [-0.1, -0.05) is 24.6 Å². The first kappa shape index (κ1) is 13.7. The van der Waals surface area contributed by atoms with Crippen molar-refractivity contribution in [3.8, 4) is 0 Å². The molecule has 1 aliphatic rings. The third kappa shape index (κ3) is 2.79. The number of ether oxygens (including phenoxy) is 1. The number of hydrogen-bond acceptors (Lipinski definition) is 3. The van der Waals surface area contributed by atoms with Gasteiger partial charge in [0.1, 0.15) is 0 Å². The van der Waals surface area contributed by atoms with Crippen LogP contribution in [0.2, 0.25) is 5.02 Å². The molecule has 1 aliphatic heterocycles. The highest BCUT2D eigenvalue weighted by molar-refractivity contribution is 6.33. The molecule has 1 fully saturated rings. The lowest BCUT2D eigenvalue weighted by Crippen LogP contribution is -2.44. The topological polar surface area (TPSA) is 32.7 Å². The molecule has 0 spiro atoms. The van der Waals surface area contributed by atoms with Crippen LogP contribution in [0.15, 0.2) is 18.2 Å². The molecule has 0 bridgehead atoms. The molecule has 0 amide bonds. The van der Waals surface area contributed by atoms with Crippen molar-refractivity contribution in [1.29, 1.82) is 0 Å². The molecular weight excluding hydrogens is 250 g/mol. The molecule has 3 nitrogen and oxygen atoms in total. The number of methoxy groups -OCH3 is 1. The Morgan fingerprint density at radius 1 is 1.50 bits per heavy atom. The molecule has 1 N–H and O–H groups in total. The second-order valence-electron chi connectivity index (χ2n) is 4.93. The summed E-state index contributed by atoms with van der Waals surface area (Å²) in [4.78, 5) is 2.26. The predicted octanol–water partition coefficient (Wildman–Crippen LogP) is 2.69. The van der Waals surface area contributed by atoms with Gasteiger partial charge in [-0.3, -0.25) is 0 Å². The van der Waals surface area contributed by atoms with Gasteiger partial charge < -0.3 is 14.7 Å². The van der Waals surface area contributed by atoms with Gasteiger partial charge in [-0.15, -0.1) is 0 Å². The van der Waals surface area contributed by atoms with E-state index in [4.69, 9.17) is 21.4 Å². The summed E-state index contributed by atoms with van der Waals surface area (Å²) in [5.41, 5.74) is 1.88. The summed E-state index contributed by atoms with van der Waals surface area (Å²) in [5.74, 6) is 0.585. The Balaban J connectivity index is 2.16. The Hall–Kier alpha value is -0.770.